The summed E-state index contributed by atoms with van der Waals surface area (Å²) in [5, 5.41) is 0. The lowest BCUT2D eigenvalue weighted by molar-refractivity contribution is 0.00174. The minimum absolute atomic E-state index is 0.143. The Balaban J connectivity index is 1.57. The number of hydrogen-bond acceptors (Lipinski definition) is 3. The lowest BCUT2D eigenvalue weighted by atomic mass is 9.53. The molecule has 0 unspecified atom stereocenters. The lowest BCUT2D eigenvalue weighted by Gasteiger charge is -2.55. The first-order chi connectivity index (χ1) is 13.7. The Morgan fingerprint density at radius 3 is 1.46 bits per heavy atom. The van der Waals surface area contributed by atoms with Crippen LogP contribution in [0.4, 0.5) is 0 Å². The minimum atomic E-state index is 0.143. The molecule has 2 aromatic rings. The van der Waals surface area contributed by atoms with E-state index in [9.17, 15) is 0 Å². The second-order valence-corrected chi connectivity index (χ2v) is 9.06. The van der Waals surface area contributed by atoms with Crippen LogP contribution in [0.5, 0.6) is 11.5 Å². The van der Waals surface area contributed by atoms with Gasteiger partial charge >= 0.3 is 0 Å². The maximum Gasteiger partial charge on any atom is 0.118 e. The van der Waals surface area contributed by atoms with Crippen LogP contribution in [0.3, 0.4) is 0 Å². The Kier molecular flexibility index (Phi) is 4.41. The van der Waals surface area contributed by atoms with Crippen molar-refractivity contribution in [2.24, 2.45) is 22.7 Å². The Hall–Kier alpha value is -2.29. The number of ether oxygens (including phenoxy) is 2. The molecule has 0 aromatic heterocycles. The highest BCUT2D eigenvalue weighted by atomic mass is 16.5. The standard InChI is InChI=1S/C25H29NO2/c1-27-22-7-3-20(4-8-22)24(21-5-9-23(28-2)10-6-21)26-25-14-17-11-18(15-25)13-19(12-17)16-25/h3-10,17-19H,11-16H2,1-2H3. The van der Waals surface area contributed by atoms with Crippen molar-refractivity contribution in [2.45, 2.75) is 44.1 Å². The van der Waals surface area contributed by atoms with Crippen molar-refractivity contribution in [3.05, 3.63) is 59.7 Å². The van der Waals surface area contributed by atoms with Crippen LogP contribution < -0.4 is 9.47 Å². The molecular formula is C25H29NO2. The van der Waals surface area contributed by atoms with Crippen LogP contribution in [0.25, 0.3) is 0 Å². The zero-order valence-corrected chi connectivity index (χ0v) is 16.9. The normalized spacial score (nSPS) is 30.1. The first kappa shape index (κ1) is 17.8. The fourth-order valence-electron chi connectivity index (χ4n) is 6.23. The molecule has 0 amide bonds. The largest absolute Gasteiger partial charge is 0.497 e. The SMILES string of the molecule is COc1ccc(C(=NC23CC4CC(CC(C4)C2)C3)c2ccc(OC)cc2)cc1. The summed E-state index contributed by atoms with van der Waals surface area (Å²) in [6, 6.07) is 16.7. The highest BCUT2D eigenvalue weighted by Gasteiger charge is 2.51. The molecule has 6 rings (SSSR count). The van der Waals surface area contributed by atoms with Crippen molar-refractivity contribution in [3.63, 3.8) is 0 Å². The van der Waals surface area contributed by atoms with Gasteiger partial charge in [0, 0.05) is 11.1 Å². The maximum atomic E-state index is 5.55. The highest BCUT2D eigenvalue weighted by molar-refractivity contribution is 6.13. The highest BCUT2D eigenvalue weighted by Crippen LogP contribution is 2.57. The van der Waals surface area contributed by atoms with E-state index in [0.29, 0.717) is 0 Å². The zero-order chi connectivity index (χ0) is 19.1. The van der Waals surface area contributed by atoms with Crippen LogP contribution in [0, 0.1) is 17.8 Å². The van der Waals surface area contributed by atoms with Crippen molar-refractivity contribution in [2.75, 3.05) is 14.2 Å². The Labute approximate surface area is 167 Å². The smallest absolute Gasteiger partial charge is 0.118 e. The number of methoxy groups -OCH3 is 2. The molecule has 0 atom stereocenters. The van der Waals surface area contributed by atoms with Crippen LogP contribution in [0.1, 0.15) is 49.7 Å². The van der Waals surface area contributed by atoms with E-state index in [4.69, 9.17) is 14.5 Å². The predicted molar refractivity (Wildman–Crippen MR) is 113 cm³/mol. The average Bonchev–Trinajstić information content (AvgIpc) is 2.71. The van der Waals surface area contributed by atoms with E-state index in [1.54, 1.807) is 14.2 Å². The zero-order valence-electron chi connectivity index (χ0n) is 16.9. The molecule has 3 nitrogen and oxygen atoms in total. The van der Waals surface area contributed by atoms with Crippen LogP contribution in [-0.2, 0) is 0 Å². The molecule has 4 saturated carbocycles. The van der Waals surface area contributed by atoms with Gasteiger partial charge in [0.25, 0.3) is 0 Å². The summed E-state index contributed by atoms with van der Waals surface area (Å²) < 4.78 is 10.7. The van der Waals surface area contributed by atoms with Crippen LogP contribution in [0.2, 0.25) is 0 Å². The fourth-order valence-corrected chi connectivity index (χ4v) is 6.23. The first-order valence-electron chi connectivity index (χ1n) is 10.5. The number of nitrogens with zero attached hydrogens (tertiary/aromatic N) is 1. The molecule has 146 valence electrons. The lowest BCUT2D eigenvalue weighted by Crippen LogP contribution is -2.49. The molecule has 0 N–H and O–H groups in total. The molecule has 0 saturated heterocycles. The van der Waals surface area contributed by atoms with Gasteiger partial charge in [-0.25, -0.2) is 0 Å². The monoisotopic (exact) mass is 375 g/mol. The summed E-state index contributed by atoms with van der Waals surface area (Å²) >= 11 is 0. The average molecular weight is 376 g/mol. The van der Waals surface area contributed by atoms with Gasteiger partial charge in [0.15, 0.2) is 0 Å². The van der Waals surface area contributed by atoms with Crippen LogP contribution in [0.15, 0.2) is 53.5 Å². The molecule has 4 fully saturated rings. The Morgan fingerprint density at radius 1 is 0.714 bits per heavy atom. The van der Waals surface area contributed by atoms with E-state index in [0.717, 1.165) is 35.0 Å². The number of benzene rings is 2. The van der Waals surface area contributed by atoms with Crippen LogP contribution >= 0.6 is 0 Å². The molecule has 28 heavy (non-hydrogen) atoms. The summed E-state index contributed by atoms with van der Waals surface area (Å²) in [6.07, 6.45) is 8.14. The Bertz CT molecular complexity index is 782. The molecule has 0 aliphatic heterocycles. The maximum absolute atomic E-state index is 5.55. The van der Waals surface area contributed by atoms with E-state index in [2.05, 4.69) is 24.3 Å². The van der Waals surface area contributed by atoms with Crippen molar-refractivity contribution in [3.8, 4) is 11.5 Å². The molecule has 0 spiro atoms. The van der Waals surface area contributed by atoms with Crippen molar-refractivity contribution < 1.29 is 9.47 Å². The van der Waals surface area contributed by atoms with E-state index in [1.807, 2.05) is 24.3 Å². The third-order valence-electron chi connectivity index (χ3n) is 7.08. The van der Waals surface area contributed by atoms with Crippen molar-refractivity contribution in [1.82, 2.24) is 0 Å². The van der Waals surface area contributed by atoms with Gasteiger partial charge in [-0.1, -0.05) is 0 Å². The Morgan fingerprint density at radius 2 is 1.11 bits per heavy atom. The quantitative estimate of drug-likeness (QED) is 0.645. The summed E-state index contributed by atoms with van der Waals surface area (Å²) in [5.74, 6) is 4.44. The summed E-state index contributed by atoms with van der Waals surface area (Å²) in [4.78, 5) is 5.55. The molecule has 0 heterocycles. The number of rotatable bonds is 5. The van der Waals surface area contributed by atoms with E-state index in [-0.39, 0.29) is 5.54 Å². The predicted octanol–water partition coefficient (Wildman–Crippen LogP) is 5.51. The van der Waals surface area contributed by atoms with Gasteiger partial charge in [-0.2, -0.15) is 0 Å². The summed E-state index contributed by atoms with van der Waals surface area (Å²) in [7, 11) is 3.42. The van der Waals surface area contributed by atoms with Gasteiger partial charge in [-0.3, -0.25) is 4.99 Å². The van der Waals surface area contributed by atoms with Gasteiger partial charge in [-0.15, -0.1) is 0 Å². The van der Waals surface area contributed by atoms with Gasteiger partial charge in [-0.05, 0) is 105 Å². The second kappa shape index (κ2) is 6.95. The molecular weight excluding hydrogens is 346 g/mol. The summed E-state index contributed by atoms with van der Waals surface area (Å²) in [5.41, 5.74) is 3.60. The van der Waals surface area contributed by atoms with Crippen molar-refractivity contribution in [1.29, 1.82) is 0 Å². The third kappa shape index (κ3) is 3.21. The van der Waals surface area contributed by atoms with E-state index < -0.39 is 0 Å². The van der Waals surface area contributed by atoms with E-state index >= 15 is 0 Å². The molecule has 4 aliphatic carbocycles. The molecule has 4 bridgehead atoms. The van der Waals surface area contributed by atoms with Gasteiger partial charge in [0.2, 0.25) is 0 Å². The second-order valence-electron chi connectivity index (χ2n) is 9.06. The third-order valence-corrected chi connectivity index (χ3v) is 7.08. The summed E-state index contributed by atoms with van der Waals surface area (Å²) in [6.45, 7) is 0. The van der Waals surface area contributed by atoms with Gasteiger partial charge in [0.1, 0.15) is 11.5 Å². The fraction of sp³-hybridized carbons (Fsp3) is 0.480. The molecule has 2 aromatic carbocycles. The topological polar surface area (TPSA) is 30.8 Å². The van der Waals surface area contributed by atoms with E-state index in [1.165, 1.54) is 49.7 Å². The van der Waals surface area contributed by atoms with Crippen LogP contribution in [-0.4, -0.2) is 25.5 Å². The van der Waals surface area contributed by atoms with Gasteiger partial charge < -0.3 is 9.47 Å². The molecule has 3 heteroatoms. The number of aliphatic imine (C=N–C) groups is 1. The number of hydrogen-bond donors (Lipinski definition) is 0. The van der Waals surface area contributed by atoms with Gasteiger partial charge in [0.05, 0.1) is 25.5 Å². The minimum Gasteiger partial charge on any atom is -0.497 e. The van der Waals surface area contributed by atoms with Crippen molar-refractivity contribution >= 4 is 5.71 Å². The molecule has 0 radical (unpaired) electrons. The first-order valence-corrected chi connectivity index (χ1v) is 10.5. The molecule has 4 aliphatic rings.